The van der Waals surface area contributed by atoms with Gasteiger partial charge in [-0.05, 0) is 70.1 Å². The highest BCUT2D eigenvalue weighted by Crippen LogP contribution is 2.40. The zero-order valence-electron chi connectivity index (χ0n) is 21.8. The van der Waals surface area contributed by atoms with Gasteiger partial charge in [-0.15, -0.1) is 12.4 Å². The molecule has 2 aliphatic heterocycles. The van der Waals surface area contributed by atoms with Crippen molar-refractivity contribution >= 4 is 55.0 Å². The lowest BCUT2D eigenvalue weighted by Gasteiger charge is -2.30. The van der Waals surface area contributed by atoms with Gasteiger partial charge < -0.3 is 14.4 Å². The molecule has 0 saturated carbocycles. The summed E-state index contributed by atoms with van der Waals surface area (Å²) in [6.45, 7) is 4.62. The van der Waals surface area contributed by atoms with Crippen LogP contribution in [-0.4, -0.2) is 75.6 Å². The fraction of sp³-hybridized carbons (Fsp3) is 0.462. The van der Waals surface area contributed by atoms with Crippen molar-refractivity contribution in [2.75, 3.05) is 52.0 Å². The molecular weight excluding hydrogens is 548 g/mol. The molecule has 12 heteroatoms. The third kappa shape index (κ3) is 5.91. The molecule has 3 heterocycles. The summed E-state index contributed by atoms with van der Waals surface area (Å²) in [6, 6.07) is 10.0. The fourth-order valence-electron chi connectivity index (χ4n) is 4.69. The standard InChI is InChI=1S/C26H32N4O5S2.ClH/c1-18-6-4-12-29(16-18)37(32,33)20-9-7-19(8-10-20)25(31)30(13-5-11-28(2)3)26-27-21-14-22-23(35-17-34-22)15-24(21)36-26;/h7-10,14-15,18H,4-6,11-13,16-17H2,1-3H3;1H. The molecule has 5 rings (SSSR count). The quantitative estimate of drug-likeness (QED) is 0.388. The van der Waals surface area contributed by atoms with Gasteiger partial charge in [-0.2, -0.15) is 4.31 Å². The largest absolute Gasteiger partial charge is 0.454 e. The number of ether oxygens (including phenoxy) is 2. The normalized spacial score (nSPS) is 17.5. The van der Waals surface area contributed by atoms with Crippen LogP contribution < -0.4 is 14.4 Å². The minimum atomic E-state index is -3.59. The molecule has 1 atom stereocenters. The maximum atomic E-state index is 13.7. The number of thiazole rings is 1. The van der Waals surface area contributed by atoms with E-state index in [0.717, 1.165) is 36.0 Å². The van der Waals surface area contributed by atoms with Gasteiger partial charge in [-0.3, -0.25) is 9.69 Å². The van der Waals surface area contributed by atoms with Crippen LogP contribution in [0.3, 0.4) is 0 Å². The first-order valence-corrected chi connectivity index (χ1v) is 14.7. The van der Waals surface area contributed by atoms with Gasteiger partial charge in [0.15, 0.2) is 16.6 Å². The molecule has 0 bridgehead atoms. The number of aromatic nitrogens is 1. The molecule has 2 aliphatic rings. The Bertz CT molecular complexity index is 1350. The summed E-state index contributed by atoms with van der Waals surface area (Å²) in [4.78, 5) is 22.4. The summed E-state index contributed by atoms with van der Waals surface area (Å²) in [5.74, 6) is 1.45. The summed E-state index contributed by atoms with van der Waals surface area (Å²) in [5.41, 5.74) is 1.16. The Kier molecular flexibility index (Phi) is 8.83. The first-order chi connectivity index (χ1) is 17.7. The van der Waals surface area contributed by atoms with E-state index in [9.17, 15) is 13.2 Å². The first kappa shape index (κ1) is 28.6. The highest BCUT2D eigenvalue weighted by atomic mass is 35.5. The molecule has 9 nitrogen and oxygen atoms in total. The van der Waals surface area contributed by atoms with Crippen LogP contribution in [0.5, 0.6) is 11.5 Å². The molecule has 2 aromatic carbocycles. The van der Waals surface area contributed by atoms with Crippen LogP contribution >= 0.6 is 23.7 Å². The monoisotopic (exact) mass is 580 g/mol. The van der Waals surface area contributed by atoms with Gasteiger partial charge in [0.1, 0.15) is 0 Å². The van der Waals surface area contributed by atoms with Crippen LogP contribution in [0.2, 0.25) is 0 Å². The van der Waals surface area contributed by atoms with E-state index < -0.39 is 10.0 Å². The number of fused-ring (bicyclic) bond motifs is 2. The van der Waals surface area contributed by atoms with Crippen molar-refractivity contribution in [1.29, 1.82) is 0 Å². The van der Waals surface area contributed by atoms with E-state index in [-0.39, 0.29) is 30.0 Å². The number of sulfonamides is 1. The van der Waals surface area contributed by atoms with Gasteiger partial charge in [0, 0.05) is 37.3 Å². The number of halogens is 1. The second-order valence-corrected chi connectivity index (χ2v) is 12.9. The predicted molar refractivity (Wildman–Crippen MR) is 151 cm³/mol. The van der Waals surface area contributed by atoms with E-state index in [1.54, 1.807) is 21.3 Å². The Balaban J connectivity index is 0.00000336. The van der Waals surface area contributed by atoms with Gasteiger partial charge in [0.2, 0.25) is 16.8 Å². The molecule has 1 fully saturated rings. The van der Waals surface area contributed by atoms with Crippen molar-refractivity contribution in [3.8, 4) is 11.5 Å². The Morgan fingerprint density at radius 2 is 1.84 bits per heavy atom. The Morgan fingerprint density at radius 1 is 1.13 bits per heavy atom. The molecule has 1 saturated heterocycles. The summed E-state index contributed by atoms with van der Waals surface area (Å²) < 4.78 is 39.7. The number of hydrogen-bond acceptors (Lipinski definition) is 8. The van der Waals surface area contributed by atoms with E-state index in [4.69, 9.17) is 14.5 Å². The molecule has 0 aliphatic carbocycles. The number of amides is 1. The van der Waals surface area contributed by atoms with Gasteiger partial charge in [-0.25, -0.2) is 13.4 Å². The molecule has 3 aromatic rings. The van der Waals surface area contributed by atoms with Crippen LogP contribution in [0.25, 0.3) is 10.2 Å². The average Bonchev–Trinajstić information content (AvgIpc) is 3.50. The molecule has 0 radical (unpaired) electrons. The minimum Gasteiger partial charge on any atom is -0.454 e. The van der Waals surface area contributed by atoms with Gasteiger partial charge in [0.25, 0.3) is 5.91 Å². The SMILES string of the molecule is CC1CCCN(S(=O)(=O)c2ccc(C(=O)N(CCCN(C)C)c3nc4cc5c(cc4s3)OCO5)cc2)C1.Cl. The molecule has 1 unspecified atom stereocenters. The summed E-state index contributed by atoms with van der Waals surface area (Å²) >= 11 is 1.42. The summed E-state index contributed by atoms with van der Waals surface area (Å²) in [6.07, 6.45) is 2.66. The number of carbonyl (C=O) groups is 1. The van der Waals surface area contributed by atoms with Crippen molar-refractivity contribution in [2.45, 2.75) is 31.1 Å². The Labute approximate surface area is 233 Å². The smallest absolute Gasteiger partial charge is 0.260 e. The molecule has 206 valence electrons. The van der Waals surface area contributed by atoms with Crippen molar-refractivity contribution in [2.24, 2.45) is 5.92 Å². The molecule has 0 spiro atoms. The van der Waals surface area contributed by atoms with E-state index in [2.05, 4.69) is 11.8 Å². The van der Waals surface area contributed by atoms with Crippen LogP contribution in [-0.2, 0) is 10.0 Å². The van der Waals surface area contributed by atoms with Crippen LogP contribution in [0, 0.1) is 5.92 Å². The van der Waals surface area contributed by atoms with Crippen LogP contribution in [0.15, 0.2) is 41.3 Å². The van der Waals surface area contributed by atoms with Crippen LogP contribution in [0.1, 0.15) is 36.5 Å². The zero-order chi connectivity index (χ0) is 26.2. The number of nitrogens with zero attached hydrogens (tertiary/aromatic N) is 4. The Morgan fingerprint density at radius 3 is 2.53 bits per heavy atom. The molecule has 0 N–H and O–H groups in total. The maximum Gasteiger partial charge on any atom is 0.260 e. The molecule has 1 aromatic heterocycles. The Hall–Kier alpha value is -2.44. The highest BCUT2D eigenvalue weighted by Gasteiger charge is 2.29. The van der Waals surface area contributed by atoms with Gasteiger partial charge >= 0.3 is 0 Å². The molecule has 38 heavy (non-hydrogen) atoms. The number of carbonyl (C=O) groups excluding carboxylic acids is 1. The second kappa shape index (κ2) is 11.7. The lowest BCUT2D eigenvalue weighted by molar-refractivity contribution is 0.0986. The van der Waals surface area contributed by atoms with Crippen molar-refractivity contribution in [3.63, 3.8) is 0 Å². The third-order valence-corrected chi connectivity index (χ3v) is 9.61. The van der Waals surface area contributed by atoms with Crippen molar-refractivity contribution in [3.05, 3.63) is 42.0 Å². The zero-order valence-corrected chi connectivity index (χ0v) is 24.2. The lowest BCUT2D eigenvalue weighted by Crippen LogP contribution is -2.39. The third-order valence-electron chi connectivity index (χ3n) is 6.69. The summed E-state index contributed by atoms with van der Waals surface area (Å²) in [5, 5.41) is 0.585. The maximum absolute atomic E-state index is 13.7. The van der Waals surface area contributed by atoms with Crippen LogP contribution in [0.4, 0.5) is 5.13 Å². The van der Waals surface area contributed by atoms with Crippen molar-refractivity contribution in [1.82, 2.24) is 14.2 Å². The summed E-state index contributed by atoms with van der Waals surface area (Å²) in [7, 11) is 0.400. The lowest BCUT2D eigenvalue weighted by atomic mass is 10.0. The first-order valence-electron chi connectivity index (χ1n) is 12.5. The molecular formula is C26H33ClN4O5S2. The van der Waals surface area contributed by atoms with E-state index >= 15 is 0 Å². The van der Waals surface area contributed by atoms with E-state index in [1.165, 1.54) is 23.5 Å². The van der Waals surface area contributed by atoms with Crippen molar-refractivity contribution < 1.29 is 22.7 Å². The minimum absolute atomic E-state index is 0. The fourth-order valence-corrected chi connectivity index (χ4v) is 7.29. The average molecular weight is 581 g/mol. The number of rotatable bonds is 8. The van der Waals surface area contributed by atoms with Gasteiger partial charge in [-0.1, -0.05) is 18.3 Å². The number of hydrogen-bond donors (Lipinski definition) is 0. The number of benzene rings is 2. The van der Waals surface area contributed by atoms with Gasteiger partial charge in [0.05, 0.1) is 15.1 Å². The second-order valence-electron chi connectivity index (χ2n) is 9.92. The van der Waals surface area contributed by atoms with E-state index in [1.807, 2.05) is 26.2 Å². The molecule has 1 amide bonds. The number of anilines is 1. The highest BCUT2D eigenvalue weighted by molar-refractivity contribution is 7.89. The predicted octanol–water partition coefficient (Wildman–Crippen LogP) is 4.47. The topological polar surface area (TPSA) is 92.3 Å². The number of piperidine rings is 1. The van der Waals surface area contributed by atoms with E-state index in [0.29, 0.717) is 47.7 Å².